The Kier molecular flexibility index (Phi) is 6.02. The minimum absolute atomic E-state index is 0.0362. The highest BCUT2D eigenvalue weighted by atomic mass is 79.9. The van der Waals surface area contributed by atoms with Gasteiger partial charge in [-0.1, -0.05) is 11.6 Å². The highest BCUT2D eigenvalue weighted by Crippen LogP contribution is 2.28. The van der Waals surface area contributed by atoms with Crippen LogP contribution in [0.1, 0.15) is 0 Å². The minimum Gasteiger partial charge on any atom is -0.491 e. The van der Waals surface area contributed by atoms with Crippen LogP contribution in [-0.2, 0) is 10.0 Å². The maximum Gasteiger partial charge on any atom is 0.242 e. The molecule has 0 spiro atoms. The van der Waals surface area contributed by atoms with Crippen molar-refractivity contribution in [2.24, 2.45) is 0 Å². The molecule has 4 nitrogen and oxygen atoms in total. The number of rotatable bonds is 6. The number of ether oxygens (including phenoxy) is 1. The van der Waals surface area contributed by atoms with E-state index >= 15 is 0 Å². The first kappa shape index (κ1) is 18.2. The van der Waals surface area contributed by atoms with Gasteiger partial charge in [0.1, 0.15) is 18.2 Å². The molecule has 0 aromatic heterocycles. The Bertz CT molecular complexity index is 784. The van der Waals surface area contributed by atoms with Crippen LogP contribution in [0.25, 0.3) is 0 Å². The van der Waals surface area contributed by atoms with Gasteiger partial charge in [0, 0.05) is 18.6 Å². The van der Waals surface area contributed by atoms with Crippen LogP contribution in [0.5, 0.6) is 5.75 Å². The number of nitrogens with zero attached hydrogens (tertiary/aromatic N) is 1. The van der Waals surface area contributed by atoms with Crippen molar-refractivity contribution in [3.05, 3.63) is 57.8 Å². The molecule has 0 fully saturated rings. The predicted molar refractivity (Wildman–Crippen MR) is 90.9 cm³/mol. The van der Waals surface area contributed by atoms with Crippen molar-refractivity contribution in [1.29, 1.82) is 0 Å². The van der Waals surface area contributed by atoms with Gasteiger partial charge in [-0.25, -0.2) is 12.8 Å². The summed E-state index contributed by atoms with van der Waals surface area (Å²) in [5.74, 6) is 0.0875. The summed E-state index contributed by atoms with van der Waals surface area (Å²) in [7, 11) is -2.23. The van der Waals surface area contributed by atoms with E-state index in [1.54, 1.807) is 18.2 Å². The minimum atomic E-state index is -3.67. The maximum absolute atomic E-state index is 12.9. The first-order chi connectivity index (χ1) is 10.8. The molecule has 124 valence electrons. The molecule has 0 unspecified atom stereocenters. The first-order valence-corrected chi connectivity index (χ1v) is 9.21. The zero-order chi connectivity index (χ0) is 17.0. The normalized spacial score (nSPS) is 11.7. The van der Waals surface area contributed by atoms with Gasteiger partial charge < -0.3 is 4.74 Å². The van der Waals surface area contributed by atoms with Gasteiger partial charge in [-0.3, -0.25) is 0 Å². The molecule has 23 heavy (non-hydrogen) atoms. The molecule has 0 N–H and O–H groups in total. The molecule has 2 aromatic carbocycles. The van der Waals surface area contributed by atoms with Crippen molar-refractivity contribution < 1.29 is 17.5 Å². The molecule has 0 heterocycles. The summed E-state index contributed by atoms with van der Waals surface area (Å²) in [4.78, 5) is 0.0362. The van der Waals surface area contributed by atoms with Gasteiger partial charge in [0.05, 0.1) is 9.37 Å². The zero-order valence-corrected chi connectivity index (χ0v) is 15.3. The number of sulfonamides is 1. The van der Waals surface area contributed by atoms with Crippen molar-refractivity contribution in [2.75, 3.05) is 20.2 Å². The highest BCUT2D eigenvalue weighted by molar-refractivity contribution is 9.10. The van der Waals surface area contributed by atoms with E-state index in [0.29, 0.717) is 15.2 Å². The smallest absolute Gasteiger partial charge is 0.242 e. The molecule has 0 aliphatic carbocycles. The summed E-state index contributed by atoms with van der Waals surface area (Å²) in [6.45, 7) is 0.311. The Hall–Kier alpha value is -1.15. The lowest BCUT2D eigenvalue weighted by atomic mass is 10.3. The lowest BCUT2D eigenvalue weighted by Crippen LogP contribution is -2.31. The zero-order valence-electron chi connectivity index (χ0n) is 12.2. The maximum atomic E-state index is 12.9. The van der Waals surface area contributed by atoms with E-state index in [-0.39, 0.29) is 18.0 Å². The molecule has 0 atom stereocenters. The van der Waals surface area contributed by atoms with Crippen LogP contribution < -0.4 is 4.74 Å². The SMILES string of the molecule is CN(CCOc1ccc(Cl)cc1Br)S(=O)(=O)c1ccc(F)cc1. The van der Waals surface area contributed by atoms with Crippen LogP contribution in [0.4, 0.5) is 4.39 Å². The Morgan fingerprint density at radius 1 is 1.22 bits per heavy atom. The Morgan fingerprint density at radius 2 is 1.87 bits per heavy atom. The lowest BCUT2D eigenvalue weighted by Gasteiger charge is -2.18. The van der Waals surface area contributed by atoms with Gasteiger partial charge in [-0.05, 0) is 58.4 Å². The molecule has 2 rings (SSSR count). The van der Waals surface area contributed by atoms with E-state index < -0.39 is 15.8 Å². The standard InChI is InChI=1S/C15H14BrClFNO3S/c1-19(23(20,21)13-5-3-12(18)4-6-13)8-9-22-15-7-2-11(17)10-14(15)16/h2-7,10H,8-9H2,1H3. The Morgan fingerprint density at radius 3 is 2.48 bits per heavy atom. The molecule has 0 amide bonds. The largest absolute Gasteiger partial charge is 0.491 e. The molecule has 0 aliphatic heterocycles. The van der Waals surface area contributed by atoms with Crippen LogP contribution in [0.15, 0.2) is 51.8 Å². The molecular formula is C15H14BrClFNO3S. The Balaban J connectivity index is 1.98. The van der Waals surface area contributed by atoms with Crippen LogP contribution in [-0.4, -0.2) is 32.9 Å². The summed E-state index contributed by atoms with van der Waals surface area (Å²) in [6.07, 6.45) is 0. The predicted octanol–water partition coefficient (Wildman–Crippen LogP) is 3.94. The second-order valence-corrected chi connectivity index (χ2v) is 8.04. The van der Waals surface area contributed by atoms with Crippen LogP contribution >= 0.6 is 27.5 Å². The molecule has 0 saturated carbocycles. The van der Waals surface area contributed by atoms with E-state index in [1.807, 2.05) is 0 Å². The van der Waals surface area contributed by atoms with Gasteiger partial charge in [0.25, 0.3) is 0 Å². The van der Waals surface area contributed by atoms with Gasteiger partial charge in [0.15, 0.2) is 0 Å². The number of halogens is 3. The fraction of sp³-hybridized carbons (Fsp3) is 0.200. The van der Waals surface area contributed by atoms with E-state index in [2.05, 4.69) is 15.9 Å². The molecule has 8 heteroatoms. The lowest BCUT2D eigenvalue weighted by molar-refractivity contribution is 0.285. The quantitative estimate of drug-likeness (QED) is 0.708. The summed E-state index contributed by atoms with van der Waals surface area (Å²) in [6, 6.07) is 9.76. The van der Waals surface area contributed by atoms with E-state index in [1.165, 1.54) is 19.2 Å². The van der Waals surface area contributed by atoms with E-state index in [9.17, 15) is 12.8 Å². The summed E-state index contributed by atoms with van der Waals surface area (Å²) in [5, 5.41) is 0.570. The van der Waals surface area contributed by atoms with Crippen molar-refractivity contribution in [2.45, 2.75) is 4.90 Å². The van der Waals surface area contributed by atoms with E-state index in [4.69, 9.17) is 16.3 Å². The molecule has 2 aromatic rings. The second-order valence-electron chi connectivity index (χ2n) is 4.70. The van der Waals surface area contributed by atoms with E-state index in [0.717, 1.165) is 16.4 Å². The topological polar surface area (TPSA) is 46.6 Å². The first-order valence-electron chi connectivity index (χ1n) is 6.60. The molecule has 0 bridgehead atoms. The summed E-state index contributed by atoms with van der Waals surface area (Å²) >= 11 is 9.16. The molecule has 0 radical (unpaired) electrons. The molecular weight excluding hydrogens is 409 g/mol. The van der Waals surface area contributed by atoms with Crippen molar-refractivity contribution in [3.8, 4) is 5.75 Å². The van der Waals surface area contributed by atoms with Crippen molar-refractivity contribution in [1.82, 2.24) is 4.31 Å². The van der Waals surface area contributed by atoms with Crippen LogP contribution in [0.2, 0.25) is 5.02 Å². The highest BCUT2D eigenvalue weighted by Gasteiger charge is 2.20. The third-order valence-electron chi connectivity index (χ3n) is 3.08. The van der Waals surface area contributed by atoms with Crippen molar-refractivity contribution >= 4 is 37.6 Å². The fourth-order valence-corrected chi connectivity index (χ4v) is 3.74. The third-order valence-corrected chi connectivity index (χ3v) is 5.81. The number of hydrogen-bond donors (Lipinski definition) is 0. The van der Waals surface area contributed by atoms with Gasteiger partial charge in [-0.2, -0.15) is 4.31 Å². The fourth-order valence-electron chi connectivity index (χ4n) is 1.78. The van der Waals surface area contributed by atoms with Gasteiger partial charge in [0.2, 0.25) is 10.0 Å². The number of likely N-dealkylation sites (N-methyl/N-ethyl adjacent to an activating group) is 1. The van der Waals surface area contributed by atoms with Gasteiger partial charge >= 0.3 is 0 Å². The molecule has 0 aliphatic rings. The second kappa shape index (κ2) is 7.61. The number of benzene rings is 2. The monoisotopic (exact) mass is 421 g/mol. The van der Waals surface area contributed by atoms with Crippen LogP contribution in [0.3, 0.4) is 0 Å². The van der Waals surface area contributed by atoms with Crippen LogP contribution in [0, 0.1) is 5.82 Å². The average molecular weight is 423 g/mol. The Labute approximate surface area is 148 Å². The van der Waals surface area contributed by atoms with Crippen molar-refractivity contribution in [3.63, 3.8) is 0 Å². The summed E-state index contributed by atoms with van der Waals surface area (Å²) < 4.78 is 44.9. The number of hydrogen-bond acceptors (Lipinski definition) is 3. The molecule has 0 saturated heterocycles. The third kappa shape index (κ3) is 4.67. The van der Waals surface area contributed by atoms with Gasteiger partial charge in [-0.15, -0.1) is 0 Å². The summed E-state index contributed by atoms with van der Waals surface area (Å²) in [5.41, 5.74) is 0. The average Bonchev–Trinajstić information content (AvgIpc) is 2.49.